The first kappa shape index (κ1) is 29.8. The third-order valence-electron chi connectivity index (χ3n) is 6.75. The minimum atomic E-state index is -4.46. The predicted octanol–water partition coefficient (Wildman–Crippen LogP) is 4.28. The summed E-state index contributed by atoms with van der Waals surface area (Å²) in [4.78, 5) is 16.6. The molecule has 1 heterocycles. The number of sulfonamides is 1. The van der Waals surface area contributed by atoms with Crippen LogP contribution in [0.15, 0.2) is 71.6 Å². The molecule has 3 aromatic carbocycles. The molecule has 0 spiro atoms. The van der Waals surface area contributed by atoms with E-state index in [1.165, 1.54) is 62.6 Å². The van der Waals surface area contributed by atoms with Gasteiger partial charge >= 0.3 is 6.18 Å². The summed E-state index contributed by atoms with van der Waals surface area (Å²) in [5.74, 6) is 0.611. The summed E-state index contributed by atoms with van der Waals surface area (Å²) in [6, 6.07) is 15.4. The summed E-state index contributed by atoms with van der Waals surface area (Å²) in [6.07, 6.45) is -4.46. The number of benzene rings is 3. The van der Waals surface area contributed by atoms with E-state index in [9.17, 15) is 26.4 Å². The number of rotatable bonds is 9. The molecule has 3 aromatic rings. The molecule has 9 nitrogen and oxygen atoms in total. The molecule has 1 aliphatic heterocycles. The first-order chi connectivity index (χ1) is 19.5. The number of ether oxygens (including phenoxy) is 3. The third-order valence-corrected chi connectivity index (χ3v) is 8.52. The Hall–Kier alpha value is -4.13. The van der Waals surface area contributed by atoms with Gasteiger partial charge in [-0.2, -0.15) is 13.2 Å². The monoisotopic (exact) mass is 593 g/mol. The molecule has 1 saturated heterocycles. The van der Waals surface area contributed by atoms with Crippen LogP contribution in [-0.2, 0) is 21.0 Å². The van der Waals surface area contributed by atoms with Crippen molar-refractivity contribution in [3.63, 3.8) is 0 Å². The second-order valence-electron chi connectivity index (χ2n) is 9.14. The number of halogens is 3. The largest absolute Gasteiger partial charge is 0.497 e. The lowest BCUT2D eigenvalue weighted by Crippen LogP contribution is -2.52. The number of anilines is 2. The van der Waals surface area contributed by atoms with Crippen LogP contribution in [-0.4, -0.2) is 73.3 Å². The molecule has 41 heavy (non-hydrogen) atoms. The maximum absolute atomic E-state index is 13.9. The normalized spacial score (nSPS) is 14.0. The van der Waals surface area contributed by atoms with Crippen molar-refractivity contribution in [2.45, 2.75) is 11.1 Å². The summed E-state index contributed by atoms with van der Waals surface area (Å²) in [7, 11) is 0.0554. The summed E-state index contributed by atoms with van der Waals surface area (Å²) in [5, 5.41) is 0. The van der Waals surface area contributed by atoms with Crippen molar-refractivity contribution in [3.8, 4) is 17.2 Å². The van der Waals surface area contributed by atoms with Gasteiger partial charge in [0.05, 0.1) is 37.5 Å². The van der Waals surface area contributed by atoms with E-state index in [4.69, 9.17) is 14.2 Å². The van der Waals surface area contributed by atoms with Crippen molar-refractivity contribution >= 4 is 27.3 Å². The highest BCUT2D eigenvalue weighted by Gasteiger charge is 2.33. The summed E-state index contributed by atoms with van der Waals surface area (Å²) >= 11 is 0. The van der Waals surface area contributed by atoms with Crippen LogP contribution in [0.1, 0.15) is 5.56 Å². The highest BCUT2D eigenvalue weighted by atomic mass is 32.2. The molecule has 0 saturated carbocycles. The molecule has 13 heteroatoms. The zero-order valence-corrected chi connectivity index (χ0v) is 23.5. The van der Waals surface area contributed by atoms with Crippen molar-refractivity contribution in [1.29, 1.82) is 0 Å². The Balaban J connectivity index is 1.56. The van der Waals surface area contributed by atoms with Crippen molar-refractivity contribution in [1.82, 2.24) is 4.90 Å². The molecule has 1 fully saturated rings. The van der Waals surface area contributed by atoms with Gasteiger partial charge in [0.2, 0.25) is 5.91 Å². The van der Waals surface area contributed by atoms with Crippen LogP contribution in [0.3, 0.4) is 0 Å². The van der Waals surface area contributed by atoms with Crippen LogP contribution in [0.25, 0.3) is 0 Å². The number of carbonyl (C=O) groups excluding carboxylic acids is 1. The number of hydrogen-bond acceptors (Lipinski definition) is 7. The van der Waals surface area contributed by atoms with Crippen LogP contribution >= 0.6 is 0 Å². The number of hydrogen-bond donors (Lipinski definition) is 0. The summed E-state index contributed by atoms with van der Waals surface area (Å²) in [6.45, 7) is 0.506. The highest BCUT2D eigenvalue weighted by Crippen LogP contribution is 2.34. The van der Waals surface area contributed by atoms with Crippen molar-refractivity contribution in [2.75, 3.05) is 63.3 Å². The Morgan fingerprint density at radius 1 is 0.854 bits per heavy atom. The quantitative estimate of drug-likeness (QED) is 0.366. The molecule has 0 radical (unpaired) electrons. The van der Waals surface area contributed by atoms with Gasteiger partial charge in [-0.05, 0) is 54.6 Å². The van der Waals surface area contributed by atoms with Gasteiger partial charge in [0.1, 0.15) is 12.3 Å². The molecule has 0 bridgehead atoms. The molecule has 1 aliphatic rings. The molecular weight excluding hydrogens is 563 g/mol. The minimum Gasteiger partial charge on any atom is -0.497 e. The van der Waals surface area contributed by atoms with Crippen LogP contribution in [0.4, 0.5) is 24.5 Å². The zero-order chi connectivity index (χ0) is 29.8. The average Bonchev–Trinajstić information content (AvgIpc) is 2.99. The second-order valence-corrected chi connectivity index (χ2v) is 11.0. The number of methoxy groups -OCH3 is 3. The van der Waals surface area contributed by atoms with Crippen LogP contribution in [0.2, 0.25) is 0 Å². The van der Waals surface area contributed by atoms with Gasteiger partial charge in [-0.25, -0.2) is 8.42 Å². The van der Waals surface area contributed by atoms with Gasteiger partial charge in [-0.1, -0.05) is 6.07 Å². The number of amides is 1. The SMILES string of the molecule is COc1ccc(N(CC(=O)N2CCN(c3cccc(C(F)(F)F)c3)CC2)S(=O)(=O)c2ccc(OC)c(OC)c2)cc1. The lowest BCUT2D eigenvalue weighted by atomic mass is 10.1. The molecule has 1 amide bonds. The fourth-order valence-electron chi connectivity index (χ4n) is 4.48. The Kier molecular flexibility index (Phi) is 8.86. The molecule has 4 rings (SSSR count). The van der Waals surface area contributed by atoms with Crippen molar-refractivity contribution in [2.24, 2.45) is 0 Å². The van der Waals surface area contributed by atoms with E-state index in [-0.39, 0.29) is 42.5 Å². The van der Waals surface area contributed by atoms with E-state index >= 15 is 0 Å². The van der Waals surface area contributed by atoms with Gasteiger partial charge in [0.25, 0.3) is 10.0 Å². The van der Waals surface area contributed by atoms with Crippen LogP contribution in [0.5, 0.6) is 17.2 Å². The van der Waals surface area contributed by atoms with E-state index in [0.717, 1.165) is 16.4 Å². The molecule has 0 aromatic heterocycles. The van der Waals surface area contributed by atoms with Gasteiger partial charge in [0, 0.05) is 37.9 Å². The first-order valence-electron chi connectivity index (χ1n) is 12.6. The van der Waals surface area contributed by atoms with Crippen molar-refractivity contribution in [3.05, 3.63) is 72.3 Å². The van der Waals surface area contributed by atoms with E-state index in [2.05, 4.69) is 0 Å². The Labute approximate surface area is 236 Å². The second kappa shape index (κ2) is 12.2. The molecule has 0 aliphatic carbocycles. The molecule has 0 atom stereocenters. The Bertz CT molecular complexity index is 1470. The Morgan fingerprint density at radius 3 is 2.10 bits per heavy atom. The summed E-state index contributed by atoms with van der Waals surface area (Å²) in [5.41, 5.74) is -0.0941. The van der Waals surface area contributed by atoms with Crippen molar-refractivity contribution < 1.29 is 40.6 Å². The smallest absolute Gasteiger partial charge is 0.416 e. The number of carbonyl (C=O) groups is 1. The molecule has 0 unspecified atom stereocenters. The maximum Gasteiger partial charge on any atom is 0.416 e. The molecule has 0 N–H and O–H groups in total. The predicted molar refractivity (Wildman–Crippen MR) is 147 cm³/mol. The van der Waals surface area contributed by atoms with E-state index in [0.29, 0.717) is 17.2 Å². The van der Waals surface area contributed by atoms with Gasteiger partial charge < -0.3 is 24.0 Å². The van der Waals surface area contributed by atoms with Crippen LogP contribution in [0, 0.1) is 0 Å². The fraction of sp³-hybridized carbons (Fsp3) is 0.321. The molecule has 220 valence electrons. The third kappa shape index (κ3) is 6.62. The minimum absolute atomic E-state index is 0.104. The van der Waals surface area contributed by atoms with E-state index < -0.39 is 34.2 Å². The molecular formula is C28H30F3N3O6S. The first-order valence-corrected chi connectivity index (χ1v) is 14.0. The zero-order valence-electron chi connectivity index (χ0n) is 22.7. The van der Waals surface area contributed by atoms with E-state index in [1.807, 2.05) is 0 Å². The number of piperazine rings is 1. The Morgan fingerprint density at radius 2 is 1.51 bits per heavy atom. The van der Waals surface area contributed by atoms with E-state index in [1.54, 1.807) is 23.1 Å². The lowest BCUT2D eigenvalue weighted by molar-refractivity contribution is -0.137. The highest BCUT2D eigenvalue weighted by molar-refractivity contribution is 7.92. The maximum atomic E-state index is 13.9. The van der Waals surface area contributed by atoms with Gasteiger partial charge in [0.15, 0.2) is 11.5 Å². The fourth-order valence-corrected chi connectivity index (χ4v) is 5.91. The standard InChI is InChI=1S/C28H30F3N3O6S/c1-38-23-9-7-21(8-10-23)34(41(36,37)24-11-12-25(39-2)26(18-24)40-3)19-27(35)33-15-13-32(14-16-33)22-6-4-5-20(17-22)28(29,30)31/h4-12,17-18H,13-16,19H2,1-3H3. The topological polar surface area (TPSA) is 88.6 Å². The lowest BCUT2D eigenvalue weighted by Gasteiger charge is -2.37. The summed E-state index contributed by atoms with van der Waals surface area (Å²) < 4.78 is 83.9. The average molecular weight is 594 g/mol. The number of nitrogens with zero attached hydrogens (tertiary/aromatic N) is 3. The van der Waals surface area contributed by atoms with Gasteiger partial charge in [-0.3, -0.25) is 9.10 Å². The van der Waals surface area contributed by atoms with Gasteiger partial charge in [-0.15, -0.1) is 0 Å². The van der Waals surface area contributed by atoms with Crippen LogP contribution < -0.4 is 23.4 Å². The number of alkyl halides is 3.